The number of benzene rings is 2. The maximum Gasteiger partial charge on any atom is 0.248 e. The predicted molar refractivity (Wildman–Crippen MR) is 130 cm³/mol. The first-order valence-electron chi connectivity index (χ1n) is 11.0. The fourth-order valence-corrected chi connectivity index (χ4v) is 3.50. The van der Waals surface area contributed by atoms with Crippen molar-refractivity contribution in [2.24, 2.45) is 0 Å². The first-order chi connectivity index (χ1) is 16.2. The topological polar surface area (TPSA) is 80.9 Å². The van der Waals surface area contributed by atoms with Gasteiger partial charge in [0.15, 0.2) is 11.5 Å². The highest BCUT2D eigenvalue weighted by molar-refractivity contribution is 6.02. The average molecular weight is 450 g/mol. The number of carbonyl (C=O) groups is 1. The van der Waals surface area contributed by atoms with E-state index in [9.17, 15) is 4.79 Å². The standard InChI is InChI=1S/C26H31N3O4/c1-3-16-33-24-10-8-20(17-25(24)31-2)9-11-26(30)29-23-7-5-4-6-21(23)18-32-19-28-22-12-14-27-15-13-22/h1,4-11,17,22,27-28H,12-16,18-19H2,2H3,(H,29,30)/b11-9+. The van der Waals surface area contributed by atoms with Crippen molar-refractivity contribution in [3.63, 3.8) is 0 Å². The van der Waals surface area contributed by atoms with Crippen LogP contribution in [0.15, 0.2) is 48.5 Å². The number of amides is 1. The molecule has 0 atom stereocenters. The summed E-state index contributed by atoms with van der Waals surface area (Å²) in [4.78, 5) is 12.5. The van der Waals surface area contributed by atoms with Gasteiger partial charge in [0.1, 0.15) is 6.61 Å². The first kappa shape index (κ1) is 24.3. The minimum Gasteiger partial charge on any atom is -0.493 e. The van der Waals surface area contributed by atoms with Crippen molar-refractivity contribution in [2.75, 3.05) is 38.9 Å². The van der Waals surface area contributed by atoms with E-state index in [4.69, 9.17) is 20.6 Å². The van der Waals surface area contributed by atoms with Crippen LogP contribution in [0.25, 0.3) is 6.08 Å². The molecule has 0 aliphatic carbocycles. The molecule has 1 aliphatic heterocycles. The maximum atomic E-state index is 12.5. The lowest BCUT2D eigenvalue weighted by molar-refractivity contribution is -0.111. The number of piperidine rings is 1. The van der Waals surface area contributed by atoms with Crippen LogP contribution in [0.4, 0.5) is 5.69 Å². The van der Waals surface area contributed by atoms with Crippen molar-refractivity contribution in [3.8, 4) is 23.8 Å². The molecule has 0 unspecified atom stereocenters. The zero-order valence-corrected chi connectivity index (χ0v) is 18.9. The zero-order chi connectivity index (χ0) is 23.3. The number of carbonyl (C=O) groups excluding carboxylic acids is 1. The van der Waals surface area contributed by atoms with E-state index in [1.54, 1.807) is 25.3 Å². The summed E-state index contributed by atoms with van der Waals surface area (Å²) >= 11 is 0. The van der Waals surface area contributed by atoms with Crippen molar-refractivity contribution in [1.82, 2.24) is 10.6 Å². The molecule has 7 heteroatoms. The Balaban J connectivity index is 1.52. The molecule has 3 N–H and O–H groups in total. The van der Waals surface area contributed by atoms with Crippen LogP contribution in [-0.2, 0) is 16.1 Å². The Kier molecular flexibility index (Phi) is 9.80. The van der Waals surface area contributed by atoms with E-state index < -0.39 is 0 Å². The number of nitrogens with one attached hydrogen (secondary N) is 3. The third-order valence-corrected chi connectivity index (χ3v) is 5.27. The van der Waals surface area contributed by atoms with E-state index >= 15 is 0 Å². The molecular weight excluding hydrogens is 418 g/mol. The molecule has 2 aromatic rings. The quantitative estimate of drug-likeness (QED) is 0.212. The van der Waals surface area contributed by atoms with Gasteiger partial charge in [0, 0.05) is 23.4 Å². The van der Waals surface area contributed by atoms with Gasteiger partial charge in [-0.05, 0) is 55.8 Å². The minimum atomic E-state index is -0.234. The molecule has 3 rings (SSSR count). The molecule has 0 spiro atoms. The number of methoxy groups -OCH3 is 1. The average Bonchev–Trinajstić information content (AvgIpc) is 2.86. The van der Waals surface area contributed by atoms with Crippen LogP contribution in [0.1, 0.15) is 24.0 Å². The molecule has 0 aromatic heterocycles. The summed E-state index contributed by atoms with van der Waals surface area (Å²) in [5.41, 5.74) is 2.45. The van der Waals surface area contributed by atoms with Gasteiger partial charge in [0.2, 0.25) is 5.91 Å². The highest BCUT2D eigenvalue weighted by atomic mass is 16.5. The van der Waals surface area contributed by atoms with Crippen LogP contribution in [0.5, 0.6) is 11.5 Å². The van der Waals surface area contributed by atoms with Crippen molar-refractivity contribution in [2.45, 2.75) is 25.5 Å². The van der Waals surface area contributed by atoms with E-state index in [1.807, 2.05) is 30.3 Å². The summed E-state index contributed by atoms with van der Waals surface area (Å²) in [6.07, 6.45) is 10.6. The highest BCUT2D eigenvalue weighted by Crippen LogP contribution is 2.28. The van der Waals surface area contributed by atoms with Crippen LogP contribution in [0.3, 0.4) is 0 Å². The van der Waals surface area contributed by atoms with Gasteiger partial charge in [-0.3, -0.25) is 10.1 Å². The molecule has 174 valence electrons. The third kappa shape index (κ3) is 7.95. The maximum absolute atomic E-state index is 12.5. The zero-order valence-electron chi connectivity index (χ0n) is 18.9. The van der Waals surface area contributed by atoms with Gasteiger partial charge >= 0.3 is 0 Å². The number of anilines is 1. The number of rotatable bonds is 11. The molecule has 0 radical (unpaired) electrons. The molecule has 1 saturated heterocycles. The number of ether oxygens (including phenoxy) is 3. The second kappa shape index (κ2) is 13.3. The Morgan fingerprint density at radius 3 is 2.82 bits per heavy atom. The van der Waals surface area contributed by atoms with Crippen LogP contribution in [0.2, 0.25) is 0 Å². The summed E-state index contributed by atoms with van der Waals surface area (Å²) < 4.78 is 16.6. The van der Waals surface area contributed by atoms with Gasteiger partial charge < -0.3 is 24.8 Å². The van der Waals surface area contributed by atoms with E-state index in [0.29, 0.717) is 30.9 Å². The smallest absolute Gasteiger partial charge is 0.248 e. The first-order valence-corrected chi connectivity index (χ1v) is 11.0. The molecule has 1 heterocycles. The van der Waals surface area contributed by atoms with Gasteiger partial charge in [-0.2, -0.15) is 0 Å². The summed E-state index contributed by atoms with van der Waals surface area (Å²) in [5, 5.41) is 9.70. The van der Waals surface area contributed by atoms with Gasteiger partial charge in [-0.1, -0.05) is 30.2 Å². The second-order valence-electron chi connectivity index (χ2n) is 7.60. The van der Waals surface area contributed by atoms with E-state index in [-0.39, 0.29) is 12.5 Å². The van der Waals surface area contributed by atoms with Crippen molar-refractivity contribution in [3.05, 3.63) is 59.7 Å². The molecule has 2 aromatic carbocycles. The van der Waals surface area contributed by atoms with Crippen molar-refractivity contribution < 1.29 is 19.0 Å². The van der Waals surface area contributed by atoms with E-state index in [1.165, 1.54) is 6.08 Å². The Morgan fingerprint density at radius 1 is 1.21 bits per heavy atom. The lowest BCUT2D eigenvalue weighted by Gasteiger charge is -2.23. The lowest BCUT2D eigenvalue weighted by atomic mass is 10.1. The monoisotopic (exact) mass is 449 g/mol. The van der Waals surface area contributed by atoms with E-state index in [0.717, 1.165) is 42.7 Å². The largest absolute Gasteiger partial charge is 0.493 e. The number of hydrogen-bond acceptors (Lipinski definition) is 6. The van der Waals surface area contributed by atoms with Crippen LogP contribution in [0, 0.1) is 12.3 Å². The normalized spacial score (nSPS) is 14.1. The molecule has 1 aliphatic rings. The SMILES string of the molecule is C#CCOc1ccc(/C=C/C(=O)Nc2ccccc2COCNC2CCNCC2)cc1OC. The van der Waals surface area contributed by atoms with Crippen molar-refractivity contribution in [1.29, 1.82) is 0 Å². The van der Waals surface area contributed by atoms with Crippen LogP contribution < -0.4 is 25.4 Å². The third-order valence-electron chi connectivity index (χ3n) is 5.27. The van der Waals surface area contributed by atoms with Gasteiger partial charge in [0.05, 0.1) is 20.4 Å². The summed E-state index contributed by atoms with van der Waals surface area (Å²) in [6, 6.07) is 13.5. The fraction of sp³-hybridized carbons (Fsp3) is 0.346. The molecule has 0 bridgehead atoms. The molecule has 1 amide bonds. The van der Waals surface area contributed by atoms with Crippen molar-refractivity contribution >= 4 is 17.7 Å². The Hall–Kier alpha value is -3.31. The molecule has 7 nitrogen and oxygen atoms in total. The number of terminal acetylenes is 1. The summed E-state index contributed by atoms with van der Waals surface area (Å²) in [5.74, 6) is 3.29. The number of hydrogen-bond donors (Lipinski definition) is 3. The second-order valence-corrected chi connectivity index (χ2v) is 7.60. The number of para-hydroxylation sites is 1. The Bertz CT molecular complexity index is 978. The molecule has 1 fully saturated rings. The molecule has 0 saturated carbocycles. The minimum absolute atomic E-state index is 0.158. The van der Waals surface area contributed by atoms with Gasteiger partial charge in [-0.25, -0.2) is 0 Å². The molecule has 33 heavy (non-hydrogen) atoms. The van der Waals surface area contributed by atoms with Crippen LogP contribution >= 0.6 is 0 Å². The van der Waals surface area contributed by atoms with Crippen LogP contribution in [-0.4, -0.2) is 45.5 Å². The summed E-state index contributed by atoms with van der Waals surface area (Å²) in [7, 11) is 1.55. The summed E-state index contributed by atoms with van der Waals surface area (Å²) in [6.45, 7) is 3.13. The fourth-order valence-electron chi connectivity index (χ4n) is 3.50. The molecular formula is C26H31N3O4. The Morgan fingerprint density at radius 2 is 2.03 bits per heavy atom. The lowest BCUT2D eigenvalue weighted by Crippen LogP contribution is -2.40. The Labute approximate surface area is 195 Å². The predicted octanol–water partition coefficient (Wildman–Crippen LogP) is 3.17. The highest BCUT2D eigenvalue weighted by Gasteiger charge is 2.12. The van der Waals surface area contributed by atoms with Gasteiger partial charge in [-0.15, -0.1) is 6.42 Å². The van der Waals surface area contributed by atoms with E-state index in [2.05, 4.69) is 21.9 Å². The van der Waals surface area contributed by atoms with Gasteiger partial charge in [0.25, 0.3) is 0 Å².